The third kappa shape index (κ3) is 7.42. The SMILES string of the molecule is COc1cc(C(C)NC(C)C)c([N+](=O)[O-])cc1OCCCC(=O)OC(C)C. The Morgan fingerprint density at radius 1 is 1.19 bits per heavy atom. The second-order valence-electron chi connectivity index (χ2n) is 6.85. The molecule has 1 N–H and O–H groups in total. The number of ether oxygens (including phenoxy) is 3. The highest BCUT2D eigenvalue weighted by Crippen LogP contribution is 2.37. The van der Waals surface area contributed by atoms with Gasteiger partial charge >= 0.3 is 5.97 Å². The first kappa shape index (κ1) is 22.7. The summed E-state index contributed by atoms with van der Waals surface area (Å²) in [6.07, 6.45) is 0.501. The summed E-state index contributed by atoms with van der Waals surface area (Å²) in [6.45, 7) is 9.61. The standard InChI is InChI=1S/C19H30N2O6/c1-12(2)20-14(5)15-10-17(25-6)18(11-16(15)21(23)24)26-9-7-8-19(22)27-13(3)4/h10-14,20H,7-9H2,1-6H3. The average molecular weight is 382 g/mol. The van der Waals surface area contributed by atoms with Crippen molar-refractivity contribution in [1.29, 1.82) is 0 Å². The summed E-state index contributed by atoms with van der Waals surface area (Å²) in [4.78, 5) is 22.6. The normalized spacial score (nSPS) is 12.1. The fraction of sp³-hybridized carbons (Fsp3) is 0.632. The highest BCUT2D eigenvalue weighted by atomic mass is 16.6. The molecule has 0 aliphatic rings. The van der Waals surface area contributed by atoms with E-state index in [1.807, 2.05) is 20.8 Å². The number of carbonyl (C=O) groups excluding carboxylic acids is 1. The Morgan fingerprint density at radius 3 is 2.37 bits per heavy atom. The Hall–Kier alpha value is -2.35. The smallest absolute Gasteiger partial charge is 0.306 e. The summed E-state index contributed by atoms with van der Waals surface area (Å²) in [5.74, 6) is 0.398. The summed E-state index contributed by atoms with van der Waals surface area (Å²) >= 11 is 0. The van der Waals surface area contributed by atoms with Gasteiger partial charge in [-0.05, 0) is 33.3 Å². The largest absolute Gasteiger partial charge is 0.493 e. The molecule has 152 valence electrons. The number of hydrogen-bond acceptors (Lipinski definition) is 7. The van der Waals surface area contributed by atoms with Gasteiger partial charge < -0.3 is 19.5 Å². The molecule has 0 saturated heterocycles. The number of nitrogens with zero attached hydrogens (tertiary/aromatic N) is 1. The van der Waals surface area contributed by atoms with Gasteiger partial charge in [0.25, 0.3) is 5.69 Å². The maximum absolute atomic E-state index is 11.5. The van der Waals surface area contributed by atoms with Crippen LogP contribution in [0.15, 0.2) is 12.1 Å². The molecule has 1 rings (SSSR count). The molecule has 8 heteroatoms. The Morgan fingerprint density at radius 2 is 1.85 bits per heavy atom. The highest BCUT2D eigenvalue weighted by Gasteiger charge is 2.24. The first-order valence-corrected chi connectivity index (χ1v) is 9.10. The van der Waals surface area contributed by atoms with Gasteiger partial charge in [-0.25, -0.2) is 0 Å². The molecular formula is C19H30N2O6. The highest BCUT2D eigenvalue weighted by molar-refractivity contribution is 5.69. The zero-order chi connectivity index (χ0) is 20.6. The van der Waals surface area contributed by atoms with E-state index in [0.717, 1.165) is 0 Å². The lowest BCUT2D eigenvalue weighted by Gasteiger charge is -2.19. The molecule has 0 saturated carbocycles. The van der Waals surface area contributed by atoms with Crippen molar-refractivity contribution in [1.82, 2.24) is 5.32 Å². The Balaban J connectivity index is 2.89. The van der Waals surface area contributed by atoms with Gasteiger partial charge in [0.05, 0.1) is 36.4 Å². The minimum Gasteiger partial charge on any atom is -0.493 e. The van der Waals surface area contributed by atoms with Crippen molar-refractivity contribution in [2.24, 2.45) is 0 Å². The van der Waals surface area contributed by atoms with Crippen LogP contribution in [0.2, 0.25) is 0 Å². The van der Waals surface area contributed by atoms with Gasteiger partial charge in [0.15, 0.2) is 11.5 Å². The molecule has 8 nitrogen and oxygen atoms in total. The zero-order valence-corrected chi connectivity index (χ0v) is 16.9. The molecule has 0 amide bonds. The van der Waals surface area contributed by atoms with E-state index < -0.39 is 4.92 Å². The predicted octanol–water partition coefficient (Wildman–Crippen LogP) is 3.77. The van der Waals surface area contributed by atoms with E-state index in [2.05, 4.69) is 5.32 Å². The van der Waals surface area contributed by atoms with Crippen LogP contribution in [0, 0.1) is 10.1 Å². The van der Waals surface area contributed by atoms with Crippen LogP contribution in [-0.2, 0) is 9.53 Å². The van der Waals surface area contributed by atoms with Crippen molar-refractivity contribution < 1.29 is 23.9 Å². The number of carbonyl (C=O) groups is 1. The number of esters is 1. The maximum Gasteiger partial charge on any atom is 0.306 e. The Kier molecular flexibility index (Phi) is 9.00. The van der Waals surface area contributed by atoms with Gasteiger partial charge in [-0.1, -0.05) is 13.8 Å². The number of benzene rings is 1. The molecule has 1 atom stereocenters. The molecule has 1 unspecified atom stereocenters. The molecule has 0 fully saturated rings. The van der Waals surface area contributed by atoms with Crippen molar-refractivity contribution in [3.63, 3.8) is 0 Å². The van der Waals surface area contributed by atoms with Crippen LogP contribution >= 0.6 is 0 Å². The quantitative estimate of drug-likeness (QED) is 0.269. The molecular weight excluding hydrogens is 352 g/mol. The van der Waals surface area contributed by atoms with Crippen LogP contribution in [0.25, 0.3) is 0 Å². The molecule has 0 heterocycles. The van der Waals surface area contributed by atoms with Crippen LogP contribution in [-0.4, -0.2) is 36.8 Å². The van der Waals surface area contributed by atoms with Crippen LogP contribution in [0.3, 0.4) is 0 Å². The van der Waals surface area contributed by atoms with Crippen molar-refractivity contribution in [2.75, 3.05) is 13.7 Å². The number of rotatable bonds is 11. The molecule has 0 spiro atoms. The van der Waals surface area contributed by atoms with Crippen LogP contribution in [0.4, 0.5) is 5.69 Å². The monoisotopic (exact) mass is 382 g/mol. The van der Waals surface area contributed by atoms with Gasteiger partial charge in [0, 0.05) is 18.5 Å². The van der Waals surface area contributed by atoms with E-state index in [9.17, 15) is 14.9 Å². The van der Waals surface area contributed by atoms with Gasteiger partial charge in [-0.15, -0.1) is 0 Å². The molecule has 0 bridgehead atoms. The topological polar surface area (TPSA) is 99.9 Å². The number of hydrogen-bond donors (Lipinski definition) is 1. The first-order valence-electron chi connectivity index (χ1n) is 9.10. The van der Waals surface area contributed by atoms with Crippen LogP contribution in [0.1, 0.15) is 59.1 Å². The minimum absolute atomic E-state index is 0.0364. The summed E-state index contributed by atoms with van der Waals surface area (Å²) < 4.78 is 16.0. The molecule has 0 aromatic heterocycles. The number of nitrogens with one attached hydrogen (secondary N) is 1. The van der Waals surface area contributed by atoms with Gasteiger partial charge in [-0.3, -0.25) is 14.9 Å². The second-order valence-corrected chi connectivity index (χ2v) is 6.85. The zero-order valence-electron chi connectivity index (χ0n) is 16.9. The molecule has 0 aliphatic heterocycles. The molecule has 0 aliphatic carbocycles. The third-order valence-electron chi connectivity index (χ3n) is 3.71. The van der Waals surface area contributed by atoms with Gasteiger partial charge in [0.1, 0.15) is 0 Å². The van der Waals surface area contributed by atoms with Gasteiger partial charge in [0.2, 0.25) is 0 Å². The summed E-state index contributed by atoms with van der Waals surface area (Å²) in [5.41, 5.74) is 0.490. The molecule has 1 aromatic carbocycles. The predicted molar refractivity (Wildman–Crippen MR) is 102 cm³/mol. The number of nitro groups is 1. The lowest BCUT2D eigenvalue weighted by molar-refractivity contribution is -0.385. The summed E-state index contributed by atoms with van der Waals surface area (Å²) in [7, 11) is 1.48. The lowest BCUT2D eigenvalue weighted by atomic mass is 10.0. The van der Waals surface area contributed by atoms with E-state index in [4.69, 9.17) is 14.2 Å². The van der Waals surface area contributed by atoms with Crippen LogP contribution < -0.4 is 14.8 Å². The Bertz CT molecular complexity index is 645. The first-order chi connectivity index (χ1) is 12.6. The summed E-state index contributed by atoms with van der Waals surface area (Å²) in [5, 5.41) is 14.8. The second kappa shape index (κ2) is 10.7. The van der Waals surface area contributed by atoms with E-state index in [1.165, 1.54) is 13.2 Å². The lowest BCUT2D eigenvalue weighted by Crippen LogP contribution is -2.26. The van der Waals surface area contributed by atoms with Gasteiger partial charge in [-0.2, -0.15) is 0 Å². The van der Waals surface area contributed by atoms with Crippen molar-refractivity contribution in [2.45, 2.75) is 65.6 Å². The van der Waals surface area contributed by atoms with Crippen molar-refractivity contribution in [3.8, 4) is 11.5 Å². The fourth-order valence-electron chi connectivity index (χ4n) is 2.65. The van der Waals surface area contributed by atoms with E-state index >= 15 is 0 Å². The fourth-order valence-corrected chi connectivity index (χ4v) is 2.65. The minimum atomic E-state index is -0.430. The summed E-state index contributed by atoms with van der Waals surface area (Å²) in [6, 6.07) is 2.95. The van der Waals surface area contributed by atoms with E-state index in [-0.39, 0.29) is 48.6 Å². The Labute approximate surface area is 160 Å². The maximum atomic E-state index is 11.5. The van der Waals surface area contributed by atoms with Crippen LogP contribution in [0.5, 0.6) is 11.5 Å². The molecule has 0 radical (unpaired) electrons. The van der Waals surface area contributed by atoms with E-state index in [1.54, 1.807) is 19.9 Å². The number of methoxy groups -OCH3 is 1. The number of nitro benzene ring substituents is 1. The molecule has 27 heavy (non-hydrogen) atoms. The average Bonchev–Trinajstić information content (AvgIpc) is 2.56. The molecule has 1 aromatic rings. The van der Waals surface area contributed by atoms with Crippen molar-refractivity contribution in [3.05, 3.63) is 27.8 Å². The van der Waals surface area contributed by atoms with E-state index in [0.29, 0.717) is 17.7 Å². The van der Waals surface area contributed by atoms with Crippen molar-refractivity contribution >= 4 is 11.7 Å². The third-order valence-corrected chi connectivity index (χ3v) is 3.71.